The molecule has 1 aromatic heterocycles. The zero-order valence-corrected chi connectivity index (χ0v) is 15.9. The summed E-state index contributed by atoms with van der Waals surface area (Å²) in [6, 6.07) is 20.2. The van der Waals surface area contributed by atoms with Gasteiger partial charge in [-0.1, -0.05) is 30.3 Å². The zero-order chi connectivity index (χ0) is 18.2. The van der Waals surface area contributed by atoms with Gasteiger partial charge in [-0.05, 0) is 55.3 Å². The molecule has 1 aliphatic carbocycles. The third kappa shape index (κ3) is 3.16. The van der Waals surface area contributed by atoms with Gasteiger partial charge < -0.3 is 4.90 Å². The van der Waals surface area contributed by atoms with Crippen molar-refractivity contribution in [1.82, 2.24) is 9.78 Å². The van der Waals surface area contributed by atoms with Crippen molar-refractivity contribution < 1.29 is 4.79 Å². The molecule has 1 fully saturated rings. The first kappa shape index (κ1) is 16.6. The van der Waals surface area contributed by atoms with Crippen LogP contribution < -0.4 is 4.90 Å². The van der Waals surface area contributed by atoms with Gasteiger partial charge >= 0.3 is 0 Å². The molecule has 1 aliphatic heterocycles. The highest BCUT2D eigenvalue weighted by Crippen LogP contribution is 2.40. The van der Waals surface area contributed by atoms with E-state index in [1.54, 1.807) is 0 Å². The van der Waals surface area contributed by atoms with Crippen LogP contribution in [0.2, 0.25) is 0 Å². The molecular formula is C22H21N3OS. The minimum Gasteiger partial charge on any atom is -0.306 e. The molecule has 2 heterocycles. The van der Waals surface area contributed by atoms with Crippen LogP contribution in [0.1, 0.15) is 41.4 Å². The number of para-hydroxylation sites is 2. The lowest BCUT2D eigenvalue weighted by atomic mass is 10.2. The Morgan fingerprint density at radius 3 is 2.63 bits per heavy atom. The van der Waals surface area contributed by atoms with E-state index >= 15 is 0 Å². The summed E-state index contributed by atoms with van der Waals surface area (Å²) in [5, 5.41) is 4.80. The van der Waals surface area contributed by atoms with E-state index < -0.39 is 0 Å². The van der Waals surface area contributed by atoms with Gasteiger partial charge in [0.1, 0.15) is 5.69 Å². The second-order valence-corrected chi connectivity index (χ2v) is 8.24. The van der Waals surface area contributed by atoms with E-state index in [1.165, 1.54) is 17.7 Å². The summed E-state index contributed by atoms with van der Waals surface area (Å²) in [6.45, 7) is 0.738. The van der Waals surface area contributed by atoms with Crippen LogP contribution in [0.25, 0.3) is 5.69 Å². The lowest BCUT2D eigenvalue weighted by molar-refractivity contribution is 0.0979. The predicted molar refractivity (Wildman–Crippen MR) is 109 cm³/mol. The Morgan fingerprint density at radius 2 is 1.81 bits per heavy atom. The molecule has 0 saturated heterocycles. The number of amides is 1. The molecule has 0 N–H and O–H groups in total. The number of thioether (sulfide) groups is 1. The summed E-state index contributed by atoms with van der Waals surface area (Å²) >= 11 is 1.83. The molecule has 0 spiro atoms. The van der Waals surface area contributed by atoms with E-state index in [9.17, 15) is 4.79 Å². The minimum absolute atomic E-state index is 0.0354. The molecule has 2 aliphatic rings. The smallest absolute Gasteiger partial charge is 0.277 e. The third-order valence-corrected chi connectivity index (χ3v) is 6.28. The van der Waals surface area contributed by atoms with Crippen LogP contribution in [-0.4, -0.2) is 28.0 Å². The number of fused-ring (bicyclic) bond motifs is 1. The average molecular weight is 375 g/mol. The van der Waals surface area contributed by atoms with Gasteiger partial charge in [-0.3, -0.25) is 4.79 Å². The van der Waals surface area contributed by atoms with Gasteiger partial charge in [0.25, 0.3) is 5.91 Å². The molecule has 4 nitrogen and oxygen atoms in total. The monoisotopic (exact) mass is 375 g/mol. The highest BCUT2D eigenvalue weighted by atomic mass is 32.2. The van der Waals surface area contributed by atoms with Gasteiger partial charge in [-0.2, -0.15) is 5.10 Å². The Bertz CT molecular complexity index is 978. The second kappa shape index (κ2) is 6.89. The largest absolute Gasteiger partial charge is 0.306 e. The van der Waals surface area contributed by atoms with E-state index in [0.29, 0.717) is 11.6 Å². The van der Waals surface area contributed by atoms with Crippen LogP contribution in [0.5, 0.6) is 0 Å². The maximum absolute atomic E-state index is 13.6. The van der Waals surface area contributed by atoms with Gasteiger partial charge in [-0.15, -0.1) is 11.8 Å². The van der Waals surface area contributed by atoms with Crippen molar-refractivity contribution in [1.29, 1.82) is 0 Å². The van der Waals surface area contributed by atoms with Gasteiger partial charge in [-0.25, -0.2) is 4.68 Å². The number of carbonyl (C=O) groups excluding carboxylic acids is 1. The number of anilines is 1. The van der Waals surface area contributed by atoms with Gasteiger partial charge in [0.15, 0.2) is 0 Å². The van der Waals surface area contributed by atoms with E-state index in [2.05, 4.69) is 12.1 Å². The number of nitrogens with zero attached hydrogens (tertiary/aromatic N) is 3. The van der Waals surface area contributed by atoms with Crippen LogP contribution in [0, 0.1) is 0 Å². The Labute approximate surface area is 163 Å². The van der Waals surface area contributed by atoms with Gasteiger partial charge in [0, 0.05) is 17.4 Å². The second-order valence-electron chi connectivity index (χ2n) is 7.10. The van der Waals surface area contributed by atoms with Crippen LogP contribution in [0.4, 0.5) is 5.69 Å². The van der Waals surface area contributed by atoms with Gasteiger partial charge in [0.05, 0.1) is 17.1 Å². The zero-order valence-electron chi connectivity index (χ0n) is 15.0. The average Bonchev–Trinajstić information content (AvgIpc) is 3.50. The molecule has 1 saturated carbocycles. The minimum atomic E-state index is 0.0354. The fourth-order valence-corrected chi connectivity index (χ4v) is 4.57. The van der Waals surface area contributed by atoms with Gasteiger partial charge in [0.2, 0.25) is 0 Å². The molecule has 0 bridgehead atoms. The maximum atomic E-state index is 13.6. The molecule has 3 aromatic rings. The van der Waals surface area contributed by atoms with Crippen molar-refractivity contribution in [2.75, 3.05) is 17.2 Å². The summed E-state index contributed by atoms with van der Waals surface area (Å²) < 4.78 is 1.83. The third-order valence-electron chi connectivity index (χ3n) is 5.13. The Hall–Kier alpha value is -2.53. The topological polar surface area (TPSA) is 38.1 Å². The maximum Gasteiger partial charge on any atom is 0.277 e. The molecule has 0 radical (unpaired) electrons. The lowest BCUT2D eigenvalue weighted by Gasteiger charge is -2.22. The van der Waals surface area contributed by atoms with Crippen LogP contribution in [0.15, 0.2) is 65.6 Å². The molecule has 2 aromatic carbocycles. The summed E-state index contributed by atoms with van der Waals surface area (Å²) in [4.78, 5) is 16.7. The summed E-state index contributed by atoms with van der Waals surface area (Å²) in [5.74, 6) is 1.58. The van der Waals surface area contributed by atoms with Crippen LogP contribution in [0.3, 0.4) is 0 Å². The molecule has 5 rings (SSSR count). The van der Waals surface area contributed by atoms with Crippen molar-refractivity contribution in [3.63, 3.8) is 0 Å². The highest BCUT2D eigenvalue weighted by Gasteiger charge is 2.31. The van der Waals surface area contributed by atoms with Crippen molar-refractivity contribution in [3.8, 4) is 5.69 Å². The van der Waals surface area contributed by atoms with Crippen LogP contribution >= 0.6 is 11.8 Å². The highest BCUT2D eigenvalue weighted by molar-refractivity contribution is 7.99. The fraction of sp³-hybridized carbons (Fsp3) is 0.273. The molecule has 5 heteroatoms. The number of hydrogen-bond acceptors (Lipinski definition) is 3. The first-order valence-corrected chi connectivity index (χ1v) is 10.5. The van der Waals surface area contributed by atoms with Crippen molar-refractivity contribution >= 4 is 23.4 Å². The molecule has 136 valence electrons. The summed E-state index contributed by atoms with van der Waals surface area (Å²) in [5.41, 5.74) is 3.65. The van der Waals surface area contributed by atoms with E-state index in [4.69, 9.17) is 5.10 Å². The quantitative estimate of drug-likeness (QED) is 0.654. The first-order chi connectivity index (χ1) is 13.3. The number of rotatable bonds is 3. The predicted octanol–water partition coefficient (Wildman–Crippen LogP) is 4.89. The Kier molecular flexibility index (Phi) is 4.24. The van der Waals surface area contributed by atoms with E-state index in [0.717, 1.165) is 35.8 Å². The summed E-state index contributed by atoms with van der Waals surface area (Å²) in [6.07, 6.45) is 3.32. The van der Waals surface area contributed by atoms with Crippen molar-refractivity contribution in [3.05, 3.63) is 72.1 Å². The van der Waals surface area contributed by atoms with E-state index in [1.807, 2.05) is 69.9 Å². The fourth-order valence-electron chi connectivity index (χ4n) is 3.57. The number of benzene rings is 2. The molecular weight excluding hydrogens is 354 g/mol. The van der Waals surface area contributed by atoms with Crippen molar-refractivity contribution in [2.24, 2.45) is 0 Å². The normalized spacial score (nSPS) is 16.7. The Balaban J connectivity index is 1.59. The molecule has 1 amide bonds. The summed E-state index contributed by atoms with van der Waals surface area (Å²) in [7, 11) is 0. The molecule has 0 unspecified atom stereocenters. The Morgan fingerprint density at radius 1 is 1.04 bits per heavy atom. The number of hydrogen-bond donors (Lipinski definition) is 0. The lowest BCUT2D eigenvalue weighted by Crippen LogP contribution is -2.33. The molecule has 27 heavy (non-hydrogen) atoms. The first-order valence-electron chi connectivity index (χ1n) is 9.50. The number of carbonyl (C=O) groups is 1. The standard InChI is InChI=1S/C22H21N3OS/c26-22(24-13-6-14-27-21-10-5-4-9-19(21)24)20-15-18(16-11-12-16)23-25(20)17-7-2-1-3-8-17/h1-5,7-10,15-16H,6,11-14H2. The molecule has 0 atom stereocenters. The van der Waals surface area contributed by atoms with Crippen molar-refractivity contribution in [2.45, 2.75) is 30.1 Å². The van der Waals surface area contributed by atoms with Crippen LogP contribution in [-0.2, 0) is 0 Å². The van der Waals surface area contributed by atoms with E-state index in [-0.39, 0.29) is 5.91 Å². The SMILES string of the molecule is O=C(c1cc(C2CC2)nn1-c1ccccc1)N1CCCSc2ccccc21. The number of aromatic nitrogens is 2.